The largest absolute Gasteiger partial charge is 0.477 e. The van der Waals surface area contributed by atoms with Crippen LogP contribution >= 0.6 is 0 Å². The van der Waals surface area contributed by atoms with Gasteiger partial charge in [0.25, 0.3) is 0 Å². The van der Waals surface area contributed by atoms with E-state index in [1.807, 2.05) is 54.1 Å². The molecule has 2 N–H and O–H groups in total. The summed E-state index contributed by atoms with van der Waals surface area (Å²) in [7, 11) is 0. The van der Waals surface area contributed by atoms with Crippen LogP contribution in [0.2, 0.25) is 0 Å². The molecule has 0 saturated carbocycles. The molecule has 0 spiro atoms. The van der Waals surface area contributed by atoms with Crippen molar-refractivity contribution in [3.63, 3.8) is 0 Å². The van der Waals surface area contributed by atoms with Crippen molar-refractivity contribution in [1.82, 2.24) is 9.99 Å². The van der Waals surface area contributed by atoms with Gasteiger partial charge in [0.15, 0.2) is 5.69 Å². The Hall–Kier alpha value is -2.79. The van der Waals surface area contributed by atoms with Gasteiger partial charge in [-0.25, -0.2) is 9.47 Å². The number of rotatable bonds is 4. The first-order valence-electron chi connectivity index (χ1n) is 8.63. The summed E-state index contributed by atoms with van der Waals surface area (Å²) in [6, 6.07) is 18.1. The molecule has 2 heterocycles. The molecule has 5 heteroatoms. The molecule has 128 valence electrons. The lowest BCUT2D eigenvalue weighted by molar-refractivity contribution is 0.0683. The highest BCUT2D eigenvalue weighted by Gasteiger charge is 2.31. The SMILES string of the molecule is CCc1c(C(=O)O)n(N2CCNC2c2ccccc2)c2ccccc12. The van der Waals surface area contributed by atoms with Gasteiger partial charge >= 0.3 is 5.97 Å². The fourth-order valence-corrected chi connectivity index (χ4v) is 3.82. The molecule has 0 amide bonds. The van der Waals surface area contributed by atoms with Crippen LogP contribution in [0.15, 0.2) is 54.6 Å². The topological polar surface area (TPSA) is 57.5 Å². The predicted molar refractivity (Wildman–Crippen MR) is 98.5 cm³/mol. The first-order valence-corrected chi connectivity index (χ1v) is 8.63. The highest BCUT2D eigenvalue weighted by atomic mass is 16.4. The summed E-state index contributed by atoms with van der Waals surface area (Å²) in [5, 5.41) is 16.6. The molecular weight excluding hydrogens is 314 g/mol. The zero-order valence-electron chi connectivity index (χ0n) is 14.1. The number of hydrogen-bond acceptors (Lipinski definition) is 3. The van der Waals surface area contributed by atoms with E-state index in [-0.39, 0.29) is 6.17 Å². The van der Waals surface area contributed by atoms with Crippen molar-refractivity contribution in [2.24, 2.45) is 0 Å². The number of aromatic nitrogens is 1. The number of nitrogens with one attached hydrogen (secondary N) is 1. The molecule has 0 aliphatic carbocycles. The highest BCUT2D eigenvalue weighted by Crippen LogP contribution is 2.31. The van der Waals surface area contributed by atoms with Crippen LogP contribution in [0, 0.1) is 0 Å². The minimum absolute atomic E-state index is 0.0418. The van der Waals surface area contributed by atoms with Gasteiger partial charge in [-0.2, -0.15) is 0 Å². The van der Waals surface area contributed by atoms with E-state index in [2.05, 4.69) is 22.5 Å². The van der Waals surface area contributed by atoms with E-state index in [4.69, 9.17) is 0 Å². The zero-order valence-corrected chi connectivity index (χ0v) is 14.1. The molecule has 2 aromatic carbocycles. The zero-order chi connectivity index (χ0) is 17.4. The van der Waals surface area contributed by atoms with Crippen molar-refractivity contribution in [3.8, 4) is 0 Å². The predicted octanol–water partition coefficient (Wildman–Crippen LogP) is 3.14. The van der Waals surface area contributed by atoms with Gasteiger partial charge in [0.2, 0.25) is 0 Å². The Morgan fingerprint density at radius 2 is 1.88 bits per heavy atom. The second-order valence-corrected chi connectivity index (χ2v) is 6.25. The van der Waals surface area contributed by atoms with Gasteiger partial charge in [0.1, 0.15) is 6.17 Å². The summed E-state index contributed by atoms with van der Waals surface area (Å²) in [5.74, 6) is -0.883. The third-order valence-corrected chi connectivity index (χ3v) is 4.86. The van der Waals surface area contributed by atoms with Crippen molar-refractivity contribution in [3.05, 3.63) is 71.4 Å². The second-order valence-electron chi connectivity index (χ2n) is 6.25. The van der Waals surface area contributed by atoms with Crippen LogP contribution < -0.4 is 10.3 Å². The molecule has 25 heavy (non-hydrogen) atoms. The van der Waals surface area contributed by atoms with Gasteiger partial charge in [0, 0.05) is 18.5 Å². The smallest absolute Gasteiger partial charge is 0.354 e. The number of hydrogen-bond donors (Lipinski definition) is 2. The molecule has 1 atom stereocenters. The minimum atomic E-state index is -0.883. The van der Waals surface area contributed by atoms with Crippen LogP contribution in [0.25, 0.3) is 10.9 Å². The van der Waals surface area contributed by atoms with Gasteiger partial charge in [-0.15, -0.1) is 0 Å². The first kappa shape index (κ1) is 15.7. The van der Waals surface area contributed by atoms with Crippen LogP contribution in [0.5, 0.6) is 0 Å². The van der Waals surface area contributed by atoms with Gasteiger partial charge in [-0.1, -0.05) is 55.5 Å². The van der Waals surface area contributed by atoms with Crippen molar-refractivity contribution in [2.45, 2.75) is 19.5 Å². The summed E-state index contributed by atoms with van der Waals surface area (Å²) >= 11 is 0. The Morgan fingerprint density at radius 1 is 1.16 bits per heavy atom. The van der Waals surface area contributed by atoms with Crippen molar-refractivity contribution < 1.29 is 9.90 Å². The lowest BCUT2D eigenvalue weighted by atomic mass is 10.1. The number of benzene rings is 2. The number of nitrogens with zero attached hydrogens (tertiary/aromatic N) is 2. The number of carboxylic acid groups (broad SMARTS) is 1. The number of para-hydroxylation sites is 1. The summed E-state index contributed by atoms with van der Waals surface area (Å²) < 4.78 is 1.90. The minimum Gasteiger partial charge on any atom is -0.477 e. The maximum atomic E-state index is 12.1. The molecule has 0 radical (unpaired) electrons. The Morgan fingerprint density at radius 3 is 2.60 bits per heavy atom. The molecule has 1 unspecified atom stereocenters. The summed E-state index contributed by atoms with van der Waals surface area (Å²) in [5.41, 5.74) is 3.34. The van der Waals surface area contributed by atoms with Crippen LogP contribution in [-0.4, -0.2) is 28.8 Å². The quantitative estimate of drug-likeness (QED) is 0.769. The summed E-state index contributed by atoms with van der Waals surface area (Å²) in [6.07, 6.45) is 0.645. The van der Waals surface area contributed by atoms with Crippen molar-refractivity contribution >= 4 is 16.9 Å². The second kappa shape index (κ2) is 6.26. The van der Waals surface area contributed by atoms with Crippen molar-refractivity contribution in [2.75, 3.05) is 18.1 Å². The molecule has 1 saturated heterocycles. The Labute approximate surface area is 146 Å². The molecule has 4 rings (SSSR count). The Balaban J connectivity index is 1.94. The lowest BCUT2D eigenvalue weighted by Crippen LogP contribution is -2.38. The lowest BCUT2D eigenvalue weighted by Gasteiger charge is -2.29. The molecule has 1 fully saturated rings. The molecule has 1 aliphatic heterocycles. The van der Waals surface area contributed by atoms with E-state index in [0.717, 1.165) is 35.1 Å². The third-order valence-electron chi connectivity index (χ3n) is 4.86. The molecule has 5 nitrogen and oxygen atoms in total. The van der Waals surface area contributed by atoms with E-state index in [1.165, 1.54) is 0 Å². The van der Waals surface area contributed by atoms with Crippen LogP contribution in [-0.2, 0) is 6.42 Å². The number of carboxylic acids is 1. The van der Waals surface area contributed by atoms with E-state index in [9.17, 15) is 9.90 Å². The Kier molecular flexibility index (Phi) is 3.93. The average molecular weight is 335 g/mol. The van der Waals surface area contributed by atoms with E-state index in [1.54, 1.807) is 0 Å². The molecule has 1 aliphatic rings. The van der Waals surface area contributed by atoms with Crippen LogP contribution in [0.4, 0.5) is 0 Å². The number of fused-ring (bicyclic) bond motifs is 1. The van der Waals surface area contributed by atoms with Crippen LogP contribution in [0.1, 0.15) is 34.7 Å². The number of aromatic carboxylic acids is 1. The van der Waals surface area contributed by atoms with E-state index < -0.39 is 5.97 Å². The molecular formula is C20H21N3O2. The monoisotopic (exact) mass is 335 g/mol. The maximum Gasteiger partial charge on any atom is 0.354 e. The van der Waals surface area contributed by atoms with E-state index in [0.29, 0.717) is 12.1 Å². The number of aryl methyl sites for hydroxylation is 1. The fourth-order valence-electron chi connectivity index (χ4n) is 3.82. The third kappa shape index (κ3) is 2.48. The average Bonchev–Trinajstić information content (AvgIpc) is 3.24. The first-order chi connectivity index (χ1) is 12.2. The van der Waals surface area contributed by atoms with Gasteiger partial charge in [-0.3, -0.25) is 10.3 Å². The highest BCUT2D eigenvalue weighted by molar-refractivity contribution is 5.98. The summed E-state index contributed by atoms with van der Waals surface area (Å²) in [6.45, 7) is 3.57. The van der Waals surface area contributed by atoms with Gasteiger partial charge in [-0.05, 0) is 23.6 Å². The standard InChI is InChI=1S/C20H21N3O2/c1-2-15-16-10-6-7-11-17(16)23(18(15)20(24)25)22-13-12-21-19(22)14-8-4-3-5-9-14/h3-11,19,21H,2,12-13H2,1H3,(H,24,25). The fraction of sp³-hybridized carbons (Fsp3) is 0.250. The van der Waals surface area contributed by atoms with Gasteiger partial charge in [0.05, 0.1) is 5.52 Å². The van der Waals surface area contributed by atoms with E-state index >= 15 is 0 Å². The van der Waals surface area contributed by atoms with Gasteiger partial charge < -0.3 is 5.11 Å². The van der Waals surface area contributed by atoms with Crippen LogP contribution in [0.3, 0.4) is 0 Å². The Bertz CT molecular complexity index is 917. The maximum absolute atomic E-state index is 12.1. The molecule has 0 bridgehead atoms. The summed E-state index contributed by atoms with van der Waals surface area (Å²) in [4.78, 5) is 12.1. The molecule has 1 aromatic heterocycles. The normalized spacial score (nSPS) is 17.3. The molecule has 3 aromatic rings. The number of carbonyl (C=O) groups is 1. The van der Waals surface area contributed by atoms with Crippen molar-refractivity contribution in [1.29, 1.82) is 0 Å².